The van der Waals surface area contributed by atoms with Crippen LogP contribution < -0.4 is 24.8 Å². The number of amides is 2. The topological polar surface area (TPSA) is 123 Å². The third-order valence-electron chi connectivity index (χ3n) is 5.63. The fourth-order valence-corrected chi connectivity index (χ4v) is 4.86. The van der Waals surface area contributed by atoms with Gasteiger partial charge in [-0.15, -0.1) is 0 Å². The predicted molar refractivity (Wildman–Crippen MR) is 122 cm³/mol. The average molecular weight is 474 g/mol. The van der Waals surface area contributed by atoms with Crippen LogP contribution in [0.4, 0.5) is 5.69 Å². The third kappa shape index (κ3) is 5.63. The minimum atomic E-state index is -3.81. The Hall–Kier alpha value is -3.11. The molecule has 1 saturated carbocycles. The van der Waals surface area contributed by atoms with Gasteiger partial charge in [-0.1, -0.05) is 24.1 Å². The van der Waals surface area contributed by atoms with E-state index in [0.29, 0.717) is 17.2 Å². The summed E-state index contributed by atoms with van der Waals surface area (Å²) in [6.07, 6.45) is 4.95. The number of carbonyl (C=O) groups excluding carboxylic acids is 2. The van der Waals surface area contributed by atoms with Gasteiger partial charge in [0.25, 0.3) is 5.79 Å². The number of carbonyl (C=O) groups is 2. The Labute approximate surface area is 192 Å². The van der Waals surface area contributed by atoms with Gasteiger partial charge in [-0.05, 0) is 44.0 Å². The van der Waals surface area contributed by atoms with Gasteiger partial charge in [0.2, 0.25) is 21.8 Å². The second-order valence-corrected chi connectivity index (χ2v) is 10.1. The van der Waals surface area contributed by atoms with Crippen LogP contribution in [0.25, 0.3) is 0 Å². The van der Waals surface area contributed by atoms with Crippen LogP contribution in [-0.4, -0.2) is 39.1 Å². The van der Waals surface area contributed by atoms with Crippen molar-refractivity contribution in [3.05, 3.63) is 48.0 Å². The molecule has 0 aromatic heterocycles. The van der Waals surface area contributed by atoms with E-state index in [0.717, 1.165) is 31.2 Å². The van der Waals surface area contributed by atoms with Crippen LogP contribution in [0.5, 0.6) is 11.5 Å². The van der Waals surface area contributed by atoms with Gasteiger partial charge in [0, 0.05) is 24.6 Å². The van der Waals surface area contributed by atoms with Crippen molar-refractivity contribution in [2.75, 3.05) is 18.4 Å². The van der Waals surface area contributed by atoms with Crippen LogP contribution in [0, 0.1) is 6.92 Å². The number of ether oxygens (including phenoxy) is 2. The Morgan fingerprint density at radius 3 is 2.33 bits per heavy atom. The van der Waals surface area contributed by atoms with Crippen LogP contribution in [-0.2, 0) is 19.6 Å². The molecule has 0 saturated heterocycles. The molecule has 2 aromatic carbocycles. The van der Waals surface area contributed by atoms with E-state index >= 15 is 0 Å². The minimum absolute atomic E-state index is 0.0662. The highest BCUT2D eigenvalue weighted by atomic mass is 32.2. The normalized spacial score (nSPS) is 16.4. The van der Waals surface area contributed by atoms with Gasteiger partial charge in [-0.25, -0.2) is 13.1 Å². The fraction of sp³-hybridized carbons (Fsp3) is 0.391. The first-order chi connectivity index (χ1) is 15.7. The van der Waals surface area contributed by atoms with Crippen LogP contribution in [0.1, 0.15) is 37.7 Å². The molecule has 1 spiro atoms. The first-order valence-electron chi connectivity index (χ1n) is 10.9. The summed E-state index contributed by atoms with van der Waals surface area (Å²) in [5, 5.41) is 5.09. The van der Waals surface area contributed by atoms with Crippen LogP contribution in [0.3, 0.4) is 0 Å². The number of sulfonamides is 1. The lowest BCUT2D eigenvalue weighted by atomic mass is 9.94. The number of anilines is 1. The van der Waals surface area contributed by atoms with Gasteiger partial charge < -0.3 is 20.1 Å². The largest absolute Gasteiger partial charge is 0.448 e. The Balaban J connectivity index is 1.24. The zero-order valence-corrected chi connectivity index (χ0v) is 19.2. The summed E-state index contributed by atoms with van der Waals surface area (Å²) in [5.41, 5.74) is 1.44. The maximum Gasteiger partial charge on any atom is 0.251 e. The molecule has 10 heteroatoms. The molecule has 2 aromatic rings. The molecule has 3 N–H and O–H groups in total. The Morgan fingerprint density at radius 1 is 0.909 bits per heavy atom. The molecule has 9 nitrogen and oxygen atoms in total. The van der Waals surface area contributed by atoms with Gasteiger partial charge in [0.05, 0.1) is 18.0 Å². The SMILES string of the molecule is Cc1ccc(S(=O)(=O)NCC(=O)NCC(=O)Nc2ccc3c(c2)OC2(CCCCC2)O3)cc1. The number of fused-ring (bicyclic) bond motifs is 1. The predicted octanol–water partition coefficient (Wildman–Crippen LogP) is 2.46. The standard InChI is InChI=1S/C23H27N3O6S/c1-16-5-8-18(9-6-16)33(29,30)25-15-21(27)24-14-22(28)26-17-7-10-19-20(13-17)32-23(31-19)11-3-2-4-12-23/h5-10,13,25H,2-4,11-12,14-15H2,1H3,(H,24,27)(H,26,28). The number of rotatable bonds is 7. The van der Waals surface area contributed by atoms with Crippen LogP contribution in [0.15, 0.2) is 47.4 Å². The van der Waals surface area contributed by atoms with Crippen molar-refractivity contribution in [2.45, 2.75) is 49.7 Å². The summed E-state index contributed by atoms with van der Waals surface area (Å²) in [6.45, 7) is 1.07. The molecule has 0 bridgehead atoms. The number of benzene rings is 2. The zero-order valence-electron chi connectivity index (χ0n) is 18.3. The lowest BCUT2D eigenvalue weighted by Gasteiger charge is -2.31. The molecule has 1 heterocycles. The van der Waals surface area contributed by atoms with Crippen molar-refractivity contribution in [1.29, 1.82) is 0 Å². The van der Waals surface area contributed by atoms with Crippen molar-refractivity contribution < 1.29 is 27.5 Å². The summed E-state index contributed by atoms with van der Waals surface area (Å²) in [5.74, 6) is -0.418. The van der Waals surface area contributed by atoms with Crippen molar-refractivity contribution in [3.8, 4) is 11.5 Å². The molecule has 2 amide bonds. The molecule has 33 heavy (non-hydrogen) atoms. The van der Waals surface area contributed by atoms with E-state index in [1.807, 2.05) is 6.92 Å². The second kappa shape index (κ2) is 9.40. The van der Waals surface area contributed by atoms with Crippen molar-refractivity contribution in [1.82, 2.24) is 10.0 Å². The molecule has 0 atom stereocenters. The van der Waals surface area contributed by atoms with Gasteiger partial charge in [0.15, 0.2) is 11.5 Å². The van der Waals surface area contributed by atoms with Crippen molar-refractivity contribution in [3.63, 3.8) is 0 Å². The maximum absolute atomic E-state index is 12.2. The summed E-state index contributed by atoms with van der Waals surface area (Å²) in [7, 11) is -3.81. The molecule has 176 valence electrons. The second-order valence-electron chi connectivity index (χ2n) is 8.30. The van der Waals surface area contributed by atoms with Crippen LogP contribution in [0.2, 0.25) is 0 Å². The van der Waals surface area contributed by atoms with Gasteiger partial charge >= 0.3 is 0 Å². The van der Waals surface area contributed by atoms with Gasteiger partial charge in [-0.3, -0.25) is 9.59 Å². The van der Waals surface area contributed by atoms with Gasteiger partial charge in [0.1, 0.15) is 0 Å². The maximum atomic E-state index is 12.2. The molecule has 1 aliphatic carbocycles. The van der Waals surface area contributed by atoms with Crippen molar-refractivity contribution in [2.24, 2.45) is 0 Å². The Morgan fingerprint density at radius 2 is 1.61 bits per heavy atom. The minimum Gasteiger partial charge on any atom is -0.448 e. The van der Waals surface area contributed by atoms with E-state index in [4.69, 9.17) is 9.47 Å². The first-order valence-corrected chi connectivity index (χ1v) is 12.4. The average Bonchev–Trinajstić information content (AvgIpc) is 3.13. The summed E-state index contributed by atoms with van der Waals surface area (Å²) >= 11 is 0. The smallest absolute Gasteiger partial charge is 0.251 e. The molecular formula is C23H27N3O6S. The number of aryl methyl sites for hydroxylation is 1. The molecule has 1 aliphatic heterocycles. The summed E-state index contributed by atoms with van der Waals surface area (Å²) < 4.78 is 38.8. The fourth-order valence-electron chi connectivity index (χ4n) is 3.87. The highest BCUT2D eigenvalue weighted by Crippen LogP contribution is 2.46. The molecule has 0 unspecified atom stereocenters. The number of nitrogens with one attached hydrogen (secondary N) is 3. The molecule has 0 radical (unpaired) electrons. The van der Waals surface area contributed by atoms with Gasteiger partial charge in [-0.2, -0.15) is 0 Å². The molecular weight excluding hydrogens is 446 g/mol. The summed E-state index contributed by atoms with van der Waals surface area (Å²) in [4.78, 5) is 24.3. The molecule has 4 rings (SSSR count). The number of hydrogen-bond acceptors (Lipinski definition) is 6. The number of hydrogen-bond donors (Lipinski definition) is 3. The third-order valence-corrected chi connectivity index (χ3v) is 7.05. The first kappa shape index (κ1) is 23.1. The Bertz CT molecular complexity index is 1140. The highest BCUT2D eigenvalue weighted by Gasteiger charge is 2.42. The van der Waals surface area contributed by atoms with E-state index in [-0.39, 0.29) is 11.4 Å². The molecule has 1 fully saturated rings. The van der Waals surface area contributed by atoms with E-state index < -0.39 is 34.2 Å². The quantitative estimate of drug-likeness (QED) is 0.568. The Kier molecular flexibility index (Phi) is 6.57. The monoisotopic (exact) mass is 473 g/mol. The van der Waals surface area contributed by atoms with E-state index in [9.17, 15) is 18.0 Å². The molecule has 2 aliphatic rings. The highest BCUT2D eigenvalue weighted by molar-refractivity contribution is 7.89. The van der Waals surface area contributed by atoms with E-state index in [1.54, 1.807) is 30.3 Å². The van der Waals surface area contributed by atoms with Crippen LogP contribution >= 0.6 is 0 Å². The lowest BCUT2D eigenvalue weighted by molar-refractivity contribution is -0.123. The van der Waals surface area contributed by atoms with Crippen molar-refractivity contribution >= 4 is 27.5 Å². The lowest BCUT2D eigenvalue weighted by Crippen LogP contribution is -2.40. The van der Waals surface area contributed by atoms with E-state index in [2.05, 4.69) is 15.4 Å². The summed E-state index contributed by atoms with van der Waals surface area (Å²) in [6, 6.07) is 11.4. The zero-order chi connectivity index (χ0) is 23.5. The van der Waals surface area contributed by atoms with E-state index in [1.165, 1.54) is 18.6 Å².